The van der Waals surface area contributed by atoms with Crippen molar-refractivity contribution in [2.75, 3.05) is 13.1 Å². The van der Waals surface area contributed by atoms with Gasteiger partial charge in [-0.05, 0) is 5.56 Å². The van der Waals surface area contributed by atoms with Gasteiger partial charge in [0.2, 0.25) is 0 Å². The van der Waals surface area contributed by atoms with Crippen LogP contribution in [0.5, 0.6) is 0 Å². The van der Waals surface area contributed by atoms with E-state index in [4.69, 9.17) is 10.5 Å². The summed E-state index contributed by atoms with van der Waals surface area (Å²) in [7, 11) is 0. The minimum absolute atomic E-state index is 0.138. The van der Waals surface area contributed by atoms with Crippen LogP contribution in [0, 0.1) is 0 Å². The Labute approximate surface area is 84.3 Å². The molecule has 2 atom stereocenters. The second kappa shape index (κ2) is 4.55. The maximum atomic E-state index is 5.86. The molecule has 1 aliphatic rings. The second-order valence-electron chi connectivity index (χ2n) is 3.66. The van der Waals surface area contributed by atoms with Gasteiger partial charge in [0.05, 0.1) is 12.7 Å². The number of ether oxygens (including phenoxy) is 1. The van der Waals surface area contributed by atoms with Gasteiger partial charge in [-0.25, -0.2) is 0 Å². The van der Waals surface area contributed by atoms with Crippen molar-refractivity contribution in [3.05, 3.63) is 35.9 Å². The molecule has 0 aromatic heterocycles. The van der Waals surface area contributed by atoms with E-state index in [1.54, 1.807) is 0 Å². The Morgan fingerprint density at radius 1 is 1.29 bits per heavy atom. The first-order valence-electron chi connectivity index (χ1n) is 4.98. The molecule has 1 aromatic rings. The summed E-state index contributed by atoms with van der Waals surface area (Å²) in [5, 5.41) is 3.21. The summed E-state index contributed by atoms with van der Waals surface area (Å²) in [6, 6.07) is 10.3. The molecule has 0 radical (unpaired) electrons. The molecule has 0 saturated carbocycles. The van der Waals surface area contributed by atoms with Crippen LogP contribution in [0.2, 0.25) is 0 Å². The minimum Gasteiger partial charge on any atom is -0.371 e. The predicted octanol–water partition coefficient (Wildman–Crippen LogP) is 0.502. The number of hydrogen-bond donors (Lipinski definition) is 2. The molecule has 1 aliphatic heterocycles. The molecular formula is C11H16N2O. The van der Waals surface area contributed by atoms with Gasteiger partial charge in [0.15, 0.2) is 0 Å². The van der Waals surface area contributed by atoms with Gasteiger partial charge in [-0.2, -0.15) is 0 Å². The topological polar surface area (TPSA) is 47.3 Å². The standard InChI is InChI=1S/C11H16N2O/c12-10-6-13-7-11(10)14-8-9-4-2-1-3-5-9/h1-5,10-11,13H,6-8,12H2. The summed E-state index contributed by atoms with van der Waals surface area (Å²) in [5.74, 6) is 0. The van der Waals surface area contributed by atoms with E-state index >= 15 is 0 Å². The van der Waals surface area contributed by atoms with Crippen LogP contribution >= 0.6 is 0 Å². The SMILES string of the molecule is NC1CNCC1OCc1ccccc1. The molecule has 1 fully saturated rings. The van der Waals surface area contributed by atoms with Crippen LogP contribution in [-0.2, 0) is 11.3 Å². The van der Waals surface area contributed by atoms with E-state index in [0.29, 0.717) is 6.61 Å². The lowest BCUT2D eigenvalue weighted by atomic mass is 10.2. The maximum Gasteiger partial charge on any atom is 0.0866 e. The summed E-state index contributed by atoms with van der Waals surface area (Å²) >= 11 is 0. The van der Waals surface area contributed by atoms with Crippen molar-refractivity contribution in [2.24, 2.45) is 5.73 Å². The zero-order valence-electron chi connectivity index (χ0n) is 8.15. The first-order valence-corrected chi connectivity index (χ1v) is 4.98. The van der Waals surface area contributed by atoms with Gasteiger partial charge in [-0.1, -0.05) is 30.3 Å². The predicted molar refractivity (Wildman–Crippen MR) is 55.9 cm³/mol. The molecule has 1 saturated heterocycles. The number of nitrogens with one attached hydrogen (secondary N) is 1. The molecule has 3 N–H and O–H groups in total. The van der Waals surface area contributed by atoms with Crippen LogP contribution in [0.25, 0.3) is 0 Å². The molecule has 76 valence electrons. The summed E-state index contributed by atoms with van der Waals surface area (Å²) < 4.78 is 5.71. The monoisotopic (exact) mass is 192 g/mol. The van der Waals surface area contributed by atoms with Gasteiger partial charge in [-0.3, -0.25) is 0 Å². The lowest BCUT2D eigenvalue weighted by molar-refractivity contribution is 0.0447. The first kappa shape index (κ1) is 9.65. The van der Waals surface area contributed by atoms with Gasteiger partial charge in [0.1, 0.15) is 0 Å². The fourth-order valence-electron chi connectivity index (χ4n) is 1.64. The smallest absolute Gasteiger partial charge is 0.0866 e. The molecule has 0 amide bonds. The molecule has 1 heterocycles. The van der Waals surface area contributed by atoms with Crippen LogP contribution in [-0.4, -0.2) is 25.2 Å². The largest absolute Gasteiger partial charge is 0.371 e. The summed E-state index contributed by atoms with van der Waals surface area (Å²) in [4.78, 5) is 0. The van der Waals surface area contributed by atoms with E-state index in [-0.39, 0.29) is 12.1 Å². The maximum absolute atomic E-state index is 5.86. The Balaban J connectivity index is 1.82. The average molecular weight is 192 g/mol. The average Bonchev–Trinajstić information content (AvgIpc) is 2.63. The Morgan fingerprint density at radius 3 is 2.71 bits per heavy atom. The number of nitrogens with two attached hydrogens (primary N) is 1. The Bertz CT molecular complexity index is 276. The molecule has 0 aliphatic carbocycles. The Kier molecular flexibility index (Phi) is 3.14. The Hall–Kier alpha value is -0.900. The molecule has 2 unspecified atom stereocenters. The van der Waals surface area contributed by atoms with Gasteiger partial charge in [-0.15, -0.1) is 0 Å². The number of rotatable bonds is 3. The van der Waals surface area contributed by atoms with Crippen molar-refractivity contribution in [3.8, 4) is 0 Å². The summed E-state index contributed by atoms with van der Waals surface area (Å²) in [6.45, 7) is 2.38. The fourth-order valence-corrected chi connectivity index (χ4v) is 1.64. The van der Waals surface area contributed by atoms with Gasteiger partial charge in [0.25, 0.3) is 0 Å². The third-order valence-electron chi connectivity index (χ3n) is 2.51. The molecule has 3 heteroatoms. The lowest BCUT2D eigenvalue weighted by Gasteiger charge is -2.15. The minimum atomic E-state index is 0.138. The van der Waals surface area contributed by atoms with Crippen LogP contribution in [0.3, 0.4) is 0 Å². The van der Waals surface area contributed by atoms with Crippen LogP contribution in [0.15, 0.2) is 30.3 Å². The van der Waals surface area contributed by atoms with E-state index in [0.717, 1.165) is 13.1 Å². The van der Waals surface area contributed by atoms with E-state index in [9.17, 15) is 0 Å². The van der Waals surface area contributed by atoms with Crippen molar-refractivity contribution < 1.29 is 4.74 Å². The van der Waals surface area contributed by atoms with Crippen molar-refractivity contribution in [1.29, 1.82) is 0 Å². The second-order valence-corrected chi connectivity index (χ2v) is 3.66. The Morgan fingerprint density at radius 2 is 2.07 bits per heavy atom. The van der Waals surface area contributed by atoms with Crippen LogP contribution in [0.4, 0.5) is 0 Å². The normalized spacial score (nSPS) is 26.6. The highest BCUT2D eigenvalue weighted by molar-refractivity contribution is 5.13. The fraction of sp³-hybridized carbons (Fsp3) is 0.455. The molecule has 14 heavy (non-hydrogen) atoms. The molecule has 1 aromatic carbocycles. The quantitative estimate of drug-likeness (QED) is 0.733. The van der Waals surface area contributed by atoms with Crippen molar-refractivity contribution in [2.45, 2.75) is 18.8 Å². The van der Waals surface area contributed by atoms with Crippen LogP contribution in [0.1, 0.15) is 5.56 Å². The summed E-state index contributed by atoms with van der Waals surface area (Å²) in [5.41, 5.74) is 7.06. The van der Waals surface area contributed by atoms with E-state index < -0.39 is 0 Å². The molecule has 0 bridgehead atoms. The molecule has 0 spiro atoms. The van der Waals surface area contributed by atoms with Crippen molar-refractivity contribution in [1.82, 2.24) is 5.32 Å². The highest BCUT2D eigenvalue weighted by Gasteiger charge is 2.23. The van der Waals surface area contributed by atoms with E-state index in [1.807, 2.05) is 18.2 Å². The zero-order chi connectivity index (χ0) is 9.80. The number of hydrogen-bond acceptors (Lipinski definition) is 3. The van der Waals surface area contributed by atoms with Crippen LogP contribution < -0.4 is 11.1 Å². The van der Waals surface area contributed by atoms with E-state index in [1.165, 1.54) is 5.56 Å². The highest BCUT2D eigenvalue weighted by Crippen LogP contribution is 2.07. The highest BCUT2D eigenvalue weighted by atomic mass is 16.5. The summed E-state index contributed by atoms with van der Waals surface area (Å²) in [6.07, 6.45) is 0.162. The zero-order valence-corrected chi connectivity index (χ0v) is 8.15. The molecular weight excluding hydrogens is 176 g/mol. The van der Waals surface area contributed by atoms with Gasteiger partial charge < -0.3 is 15.8 Å². The molecule has 3 nitrogen and oxygen atoms in total. The molecule has 2 rings (SSSR count). The van der Waals surface area contributed by atoms with E-state index in [2.05, 4.69) is 17.4 Å². The van der Waals surface area contributed by atoms with Gasteiger partial charge in [0, 0.05) is 19.1 Å². The lowest BCUT2D eigenvalue weighted by Crippen LogP contribution is -2.35. The third kappa shape index (κ3) is 2.32. The van der Waals surface area contributed by atoms with Crippen molar-refractivity contribution >= 4 is 0 Å². The first-order chi connectivity index (χ1) is 6.86. The van der Waals surface area contributed by atoms with Gasteiger partial charge >= 0.3 is 0 Å². The van der Waals surface area contributed by atoms with Crippen molar-refractivity contribution in [3.63, 3.8) is 0 Å². The third-order valence-corrected chi connectivity index (χ3v) is 2.51. The number of benzene rings is 1.